The molecule has 0 aliphatic rings. The van der Waals surface area contributed by atoms with E-state index in [1.807, 2.05) is 39.0 Å². The molecule has 0 spiro atoms. The van der Waals surface area contributed by atoms with Crippen LogP contribution in [0.25, 0.3) is 0 Å². The van der Waals surface area contributed by atoms with Crippen LogP contribution in [0, 0.1) is 0 Å². The molecule has 0 fully saturated rings. The predicted octanol–water partition coefficient (Wildman–Crippen LogP) is 2.12. The van der Waals surface area contributed by atoms with Crippen LogP contribution in [0.15, 0.2) is 24.3 Å². The Morgan fingerprint density at radius 3 is 2.57 bits per heavy atom. The van der Waals surface area contributed by atoms with E-state index in [0.29, 0.717) is 25.3 Å². The molecule has 0 saturated heterocycles. The van der Waals surface area contributed by atoms with Gasteiger partial charge in [0.05, 0.1) is 6.10 Å². The fraction of sp³-hybridized carbons (Fsp3) is 0.500. The Morgan fingerprint density at radius 1 is 1.19 bits per heavy atom. The molecular weight excluding hydrogens is 268 g/mol. The van der Waals surface area contributed by atoms with Gasteiger partial charge < -0.3 is 15.4 Å². The van der Waals surface area contributed by atoms with Gasteiger partial charge in [-0.05, 0) is 38.3 Å². The lowest BCUT2D eigenvalue weighted by atomic mass is 10.1. The molecule has 0 radical (unpaired) electrons. The van der Waals surface area contributed by atoms with Crippen molar-refractivity contribution in [3.8, 4) is 0 Å². The van der Waals surface area contributed by atoms with Crippen LogP contribution in [-0.2, 0) is 20.7 Å². The van der Waals surface area contributed by atoms with Crippen LogP contribution < -0.4 is 10.6 Å². The van der Waals surface area contributed by atoms with Gasteiger partial charge in [0.2, 0.25) is 0 Å². The summed E-state index contributed by atoms with van der Waals surface area (Å²) >= 11 is 0. The van der Waals surface area contributed by atoms with Crippen LogP contribution in [0.1, 0.15) is 32.8 Å². The third-order valence-electron chi connectivity index (χ3n) is 2.91. The third kappa shape index (κ3) is 6.40. The van der Waals surface area contributed by atoms with Gasteiger partial charge in [0.15, 0.2) is 0 Å². The highest BCUT2D eigenvalue weighted by Gasteiger charge is 2.14. The Balaban J connectivity index is 2.36. The summed E-state index contributed by atoms with van der Waals surface area (Å²) < 4.78 is 5.36. The number of hydrogen-bond donors (Lipinski definition) is 2. The van der Waals surface area contributed by atoms with Crippen molar-refractivity contribution < 1.29 is 14.3 Å². The lowest BCUT2D eigenvalue weighted by Gasteiger charge is -2.10. The van der Waals surface area contributed by atoms with Gasteiger partial charge in [-0.2, -0.15) is 0 Å². The first-order chi connectivity index (χ1) is 10.0. The van der Waals surface area contributed by atoms with Crippen LogP contribution >= 0.6 is 0 Å². The number of ether oxygens (including phenoxy) is 1. The quantitative estimate of drug-likeness (QED) is 0.597. The fourth-order valence-electron chi connectivity index (χ4n) is 1.80. The Labute approximate surface area is 126 Å². The van der Waals surface area contributed by atoms with E-state index < -0.39 is 11.8 Å². The van der Waals surface area contributed by atoms with Crippen molar-refractivity contribution in [1.29, 1.82) is 0 Å². The maximum atomic E-state index is 11.8. The molecule has 0 bridgehead atoms. The van der Waals surface area contributed by atoms with Crippen molar-refractivity contribution in [2.45, 2.75) is 39.7 Å². The zero-order chi connectivity index (χ0) is 15.7. The second-order valence-corrected chi connectivity index (χ2v) is 4.99. The van der Waals surface area contributed by atoms with Crippen LogP contribution in [0.2, 0.25) is 0 Å². The molecule has 0 heterocycles. The van der Waals surface area contributed by atoms with E-state index in [2.05, 4.69) is 10.6 Å². The van der Waals surface area contributed by atoms with Gasteiger partial charge in [-0.1, -0.05) is 25.1 Å². The average molecular weight is 292 g/mol. The van der Waals surface area contributed by atoms with Gasteiger partial charge in [-0.25, -0.2) is 0 Å². The molecule has 5 heteroatoms. The van der Waals surface area contributed by atoms with Gasteiger partial charge in [0, 0.05) is 18.8 Å². The van der Waals surface area contributed by atoms with Crippen molar-refractivity contribution in [2.24, 2.45) is 0 Å². The summed E-state index contributed by atoms with van der Waals surface area (Å²) in [6.07, 6.45) is 1.66. The van der Waals surface area contributed by atoms with Gasteiger partial charge in [-0.15, -0.1) is 0 Å². The maximum absolute atomic E-state index is 11.8. The van der Waals surface area contributed by atoms with Crippen molar-refractivity contribution in [2.75, 3.05) is 18.5 Å². The van der Waals surface area contributed by atoms with E-state index in [1.54, 1.807) is 6.07 Å². The molecule has 0 aliphatic heterocycles. The molecule has 0 atom stereocenters. The highest BCUT2D eigenvalue weighted by atomic mass is 16.5. The summed E-state index contributed by atoms with van der Waals surface area (Å²) in [5, 5.41) is 5.22. The molecule has 0 aromatic heterocycles. The molecule has 21 heavy (non-hydrogen) atoms. The molecule has 5 nitrogen and oxygen atoms in total. The summed E-state index contributed by atoms with van der Waals surface area (Å²) in [6, 6.07) is 7.45. The zero-order valence-electron chi connectivity index (χ0n) is 12.9. The second-order valence-electron chi connectivity index (χ2n) is 4.99. The SMILES string of the molecule is CCc1ccccc1NC(=O)C(=O)NCCCOC(C)C. The van der Waals surface area contributed by atoms with Gasteiger partial charge in [-0.3, -0.25) is 9.59 Å². The van der Waals surface area contributed by atoms with Crippen LogP contribution in [0.4, 0.5) is 5.69 Å². The first kappa shape index (κ1) is 17.2. The Hall–Kier alpha value is -1.88. The zero-order valence-corrected chi connectivity index (χ0v) is 12.9. The van der Waals surface area contributed by atoms with Crippen LogP contribution in [0.5, 0.6) is 0 Å². The summed E-state index contributed by atoms with van der Waals surface area (Å²) in [6.45, 7) is 6.90. The predicted molar refractivity (Wildman–Crippen MR) is 83.2 cm³/mol. The highest BCUT2D eigenvalue weighted by Crippen LogP contribution is 2.14. The number of nitrogens with one attached hydrogen (secondary N) is 2. The minimum Gasteiger partial charge on any atom is -0.379 e. The topological polar surface area (TPSA) is 67.4 Å². The largest absolute Gasteiger partial charge is 0.379 e. The Bertz CT molecular complexity index is 472. The number of hydrogen-bond acceptors (Lipinski definition) is 3. The Morgan fingerprint density at radius 2 is 1.90 bits per heavy atom. The van der Waals surface area contributed by atoms with E-state index >= 15 is 0 Å². The first-order valence-electron chi connectivity index (χ1n) is 7.33. The fourth-order valence-corrected chi connectivity index (χ4v) is 1.80. The molecule has 1 aromatic rings. The standard InChI is InChI=1S/C16H24N2O3/c1-4-13-8-5-6-9-14(13)18-16(20)15(19)17-10-7-11-21-12(2)3/h5-6,8-9,12H,4,7,10-11H2,1-3H3,(H,17,19)(H,18,20). The molecule has 1 aromatic carbocycles. The lowest BCUT2D eigenvalue weighted by Crippen LogP contribution is -2.36. The maximum Gasteiger partial charge on any atom is 0.313 e. The number of aryl methyl sites for hydroxylation is 1. The van der Waals surface area contributed by atoms with Crippen molar-refractivity contribution >= 4 is 17.5 Å². The minimum atomic E-state index is -0.638. The van der Waals surface area contributed by atoms with Crippen molar-refractivity contribution in [1.82, 2.24) is 5.32 Å². The molecule has 2 amide bonds. The lowest BCUT2D eigenvalue weighted by molar-refractivity contribution is -0.136. The molecule has 2 N–H and O–H groups in total. The molecule has 0 saturated carbocycles. The number of para-hydroxylation sites is 1. The second kappa shape index (κ2) is 9.13. The number of rotatable bonds is 7. The minimum absolute atomic E-state index is 0.176. The van der Waals surface area contributed by atoms with Crippen molar-refractivity contribution in [3.05, 3.63) is 29.8 Å². The first-order valence-corrected chi connectivity index (χ1v) is 7.33. The summed E-state index contributed by atoms with van der Waals surface area (Å²) in [5.41, 5.74) is 1.69. The molecule has 1 rings (SSSR count). The third-order valence-corrected chi connectivity index (χ3v) is 2.91. The number of amides is 2. The summed E-state index contributed by atoms with van der Waals surface area (Å²) in [4.78, 5) is 23.5. The van der Waals surface area contributed by atoms with E-state index in [-0.39, 0.29) is 6.10 Å². The highest BCUT2D eigenvalue weighted by molar-refractivity contribution is 6.39. The Kier molecular flexibility index (Phi) is 7.46. The number of carbonyl (C=O) groups is 2. The molecule has 116 valence electrons. The monoisotopic (exact) mass is 292 g/mol. The number of carbonyl (C=O) groups excluding carboxylic acids is 2. The summed E-state index contributed by atoms with van der Waals surface area (Å²) in [7, 11) is 0. The van der Waals surface area contributed by atoms with Gasteiger partial charge in [0.1, 0.15) is 0 Å². The van der Waals surface area contributed by atoms with Gasteiger partial charge >= 0.3 is 11.8 Å². The smallest absolute Gasteiger partial charge is 0.313 e. The van der Waals surface area contributed by atoms with Crippen LogP contribution in [0.3, 0.4) is 0 Å². The molecule has 0 unspecified atom stereocenters. The molecular formula is C16H24N2O3. The average Bonchev–Trinajstić information content (AvgIpc) is 2.46. The van der Waals surface area contributed by atoms with Crippen LogP contribution in [-0.4, -0.2) is 31.1 Å². The van der Waals surface area contributed by atoms with E-state index in [9.17, 15) is 9.59 Å². The van der Waals surface area contributed by atoms with Gasteiger partial charge in [0.25, 0.3) is 0 Å². The summed E-state index contributed by atoms with van der Waals surface area (Å²) in [5.74, 6) is -1.26. The van der Waals surface area contributed by atoms with E-state index in [1.165, 1.54) is 0 Å². The van der Waals surface area contributed by atoms with Crippen molar-refractivity contribution in [3.63, 3.8) is 0 Å². The van der Waals surface area contributed by atoms with E-state index in [4.69, 9.17) is 4.74 Å². The number of anilines is 1. The number of benzene rings is 1. The normalized spacial score (nSPS) is 10.5. The molecule has 0 aliphatic carbocycles. The van der Waals surface area contributed by atoms with E-state index in [0.717, 1.165) is 12.0 Å².